The van der Waals surface area contributed by atoms with Crippen LogP contribution in [0.25, 0.3) is 0 Å². The molecule has 0 aliphatic heterocycles. The van der Waals surface area contributed by atoms with Crippen LogP contribution in [0.3, 0.4) is 0 Å². The maximum Gasteiger partial charge on any atom is 0.419 e. The van der Waals surface area contributed by atoms with Crippen molar-refractivity contribution in [3.05, 3.63) is 58.2 Å². The fourth-order valence-corrected chi connectivity index (χ4v) is 2.27. The maximum atomic E-state index is 12.9. The topological polar surface area (TPSA) is 24.9 Å². The van der Waals surface area contributed by atoms with Gasteiger partial charge in [0.2, 0.25) is 0 Å². The van der Waals surface area contributed by atoms with E-state index in [1.54, 1.807) is 0 Å². The lowest BCUT2D eigenvalue weighted by Gasteiger charge is -2.13. The molecule has 0 aliphatic carbocycles. The summed E-state index contributed by atoms with van der Waals surface area (Å²) in [6.07, 6.45) is -1.52. The Morgan fingerprint density at radius 2 is 1.86 bits per heavy atom. The van der Waals surface area contributed by atoms with Gasteiger partial charge in [-0.3, -0.25) is 0 Å². The summed E-state index contributed by atoms with van der Waals surface area (Å²) in [5.41, 5.74) is 0.413. The van der Waals surface area contributed by atoms with Gasteiger partial charge < -0.3 is 5.32 Å². The Balaban J connectivity index is 1.94. The molecule has 0 unspecified atom stereocenters. The van der Waals surface area contributed by atoms with Gasteiger partial charge in [0.15, 0.2) is 0 Å². The number of rotatable bonds is 5. The van der Waals surface area contributed by atoms with Crippen LogP contribution in [-0.2, 0) is 12.6 Å². The van der Waals surface area contributed by atoms with Crippen LogP contribution in [0.4, 0.5) is 19.0 Å². The Bertz CT molecular complexity index is 585. The quantitative estimate of drug-likeness (QED) is 0.768. The van der Waals surface area contributed by atoms with E-state index >= 15 is 0 Å². The summed E-state index contributed by atoms with van der Waals surface area (Å²) >= 11 is 3.01. The van der Waals surface area contributed by atoms with Crippen LogP contribution in [0, 0.1) is 0 Å². The van der Waals surface area contributed by atoms with Crippen molar-refractivity contribution in [3.63, 3.8) is 0 Å². The average Bonchev–Trinajstić information content (AvgIpc) is 2.45. The third-order valence-corrected chi connectivity index (χ3v) is 3.37. The second kappa shape index (κ2) is 6.93. The third-order valence-electron chi connectivity index (χ3n) is 2.94. The monoisotopic (exact) mass is 358 g/mol. The molecule has 1 heterocycles. The number of aromatic nitrogens is 1. The number of aryl methyl sites for hydroxylation is 1. The van der Waals surface area contributed by atoms with E-state index in [1.807, 2.05) is 30.3 Å². The summed E-state index contributed by atoms with van der Waals surface area (Å²) in [6.45, 7) is 0.437. The van der Waals surface area contributed by atoms with Gasteiger partial charge in [0, 0.05) is 17.2 Å². The molecule has 1 N–H and O–H groups in total. The summed E-state index contributed by atoms with van der Waals surface area (Å²) in [5.74, 6) is -0.126. The first kappa shape index (κ1) is 15.8. The second-order valence-corrected chi connectivity index (χ2v) is 5.48. The lowest BCUT2D eigenvalue weighted by Crippen LogP contribution is -2.13. The van der Waals surface area contributed by atoms with Gasteiger partial charge in [-0.25, -0.2) is 4.98 Å². The number of nitrogens with one attached hydrogen (secondary N) is 1. The number of hydrogen-bond donors (Lipinski definition) is 1. The molecule has 0 radical (unpaired) electrons. The van der Waals surface area contributed by atoms with E-state index < -0.39 is 11.7 Å². The smallest absolute Gasteiger partial charge is 0.370 e. The molecule has 0 saturated heterocycles. The van der Waals surface area contributed by atoms with Crippen LogP contribution < -0.4 is 5.32 Å². The van der Waals surface area contributed by atoms with Crippen molar-refractivity contribution in [1.29, 1.82) is 0 Å². The third kappa shape index (κ3) is 4.74. The summed E-state index contributed by atoms with van der Waals surface area (Å²) in [7, 11) is 0. The highest BCUT2D eigenvalue weighted by Gasteiger charge is 2.34. The first-order valence-corrected chi connectivity index (χ1v) is 7.26. The van der Waals surface area contributed by atoms with E-state index in [1.165, 1.54) is 11.8 Å². The number of anilines is 1. The summed E-state index contributed by atoms with van der Waals surface area (Å²) in [6, 6.07) is 10.9. The predicted octanol–water partition coefficient (Wildman–Crippen LogP) is 4.91. The van der Waals surface area contributed by atoms with E-state index in [-0.39, 0.29) is 5.82 Å². The molecule has 6 heteroatoms. The SMILES string of the molecule is FC(F)(F)c1cc(Br)cnc1NCCCc1ccccc1. The molecule has 0 atom stereocenters. The Kier molecular flexibility index (Phi) is 5.22. The van der Waals surface area contributed by atoms with Crippen LogP contribution >= 0.6 is 15.9 Å². The van der Waals surface area contributed by atoms with Crippen molar-refractivity contribution in [2.75, 3.05) is 11.9 Å². The minimum atomic E-state index is -4.42. The van der Waals surface area contributed by atoms with Crippen LogP contribution in [0.2, 0.25) is 0 Å². The lowest BCUT2D eigenvalue weighted by atomic mass is 10.1. The molecule has 1 aromatic carbocycles. The van der Waals surface area contributed by atoms with Crippen molar-refractivity contribution in [2.24, 2.45) is 0 Å². The summed E-state index contributed by atoms with van der Waals surface area (Å²) in [4.78, 5) is 3.81. The Hall–Kier alpha value is -1.56. The zero-order valence-corrected chi connectivity index (χ0v) is 12.7. The first-order valence-electron chi connectivity index (χ1n) is 6.47. The predicted molar refractivity (Wildman–Crippen MR) is 80.2 cm³/mol. The number of benzene rings is 1. The zero-order chi connectivity index (χ0) is 15.3. The number of alkyl halides is 3. The van der Waals surface area contributed by atoms with E-state index in [4.69, 9.17) is 0 Å². The van der Waals surface area contributed by atoms with E-state index in [9.17, 15) is 13.2 Å². The van der Waals surface area contributed by atoms with Crippen LogP contribution in [0.1, 0.15) is 17.5 Å². The normalized spacial score (nSPS) is 11.4. The van der Waals surface area contributed by atoms with Crippen molar-refractivity contribution in [1.82, 2.24) is 4.98 Å². The molecule has 0 aliphatic rings. The first-order chi connectivity index (χ1) is 9.97. The highest BCUT2D eigenvalue weighted by molar-refractivity contribution is 9.10. The Morgan fingerprint density at radius 3 is 2.52 bits per heavy atom. The summed E-state index contributed by atoms with van der Waals surface area (Å²) in [5, 5.41) is 2.77. The standard InChI is InChI=1S/C15H14BrF3N2/c16-12-9-13(15(17,18)19)14(21-10-12)20-8-4-7-11-5-2-1-3-6-11/h1-3,5-6,9-10H,4,7-8H2,(H,20,21). The fourth-order valence-electron chi connectivity index (χ4n) is 1.94. The molecule has 112 valence electrons. The minimum absolute atomic E-state index is 0.126. The number of pyridine rings is 1. The zero-order valence-electron chi connectivity index (χ0n) is 11.1. The van der Waals surface area contributed by atoms with Crippen molar-refractivity contribution >= 4 is 21.7 Å². The van der Waals surface area contributed by atoms with E-state index in [2.05, 4.69) is 26.2 Å². The number of nitrogens with zero attached hydrogens (tertiary/aromatic N) is 1. The van der Waals surface area contributed by atoms with Gasteiger partial charge in [-0.15, -0.1) is 0 Å². The highest BCUT2D eigenvalue weighted by atomic mass is 79.9. The number of hydrogen-bond acceptors (Lipinski definition) is 2. The van der Waals surface area contributed by atoms with E-state index in [0.29, 0.717) is 11.0 Å². The Labute approximate surface area is 129 Å². The molecule has 2 aromatic rings. The largest absolute Gasteiger partial charge is 0.419 e. The molecule has 0 fully saturated rings. The van der Waals surface area contributed by atoms with Crippen LogP contribution in [0.15, 0.2) is 47.1 Å². The summed E-state index contributed by atoms with van der Waals surface area (Å²) < 4.78 is 39.0. The molecular formula is C15H14BrF3N2. The molecule has 0 saturated carbocycles. The fraction of sp³-hybridized carbons (Fsp3) is 0.267. The van der Waals surface area contributed by atoms with Gasteiger partial charge in [0.25, 0.3) is 0 Å². The van der Waals surface area contributed by atoms with Crippen molar-refractivity contribution < 1.29 is 13.2 Å². The lowest BCUT2D eigenvalue weighted by molar-refractivity contribution is -0.137. The van der Waals surface area contributed by atoms with Gasteiger partial charge in [-0.2, -0.15) is 13.2 Å². The molecule has 0 bridgehead atoms. The highest BCUT2D eigenvalue weighted by Crippen LogP contribution is 2.35. The molecule has 21 heavy (non-hydrogen) atoms. The molecular weight excluding hydrogens is 345 g/mol. The minimum Gasteiger partial charge on any atom is -0.370 e. The number of halogens is 4. The van der Waals surface area contributed by atoms with Crippen LogP contribution in [0.5, 0.6) is 0 Å². The Morgan fingerprint density at radius 1 is 1.14 bits per heavy atom. The molecule has 2 rings (SSSR count). The average molecular weight is 359 g/mol. The maximum absolute atomic E-state index is 12.9. The van der Waals surface area contributed by atoms with Gasteiger partial charge in [0.05, 0.1) is 5.56 Å². The van der Waals surface area contributed by atoms with Crippen molar-refractivity contribution in [3.8, 4) is 0 Å². The molecule has 0 amide bonds. The van der Waals surface area contributed by atoms with Crippen LogP contribution in [-0.4, -0.2) is 11.5 Å². The van der Waals surface area contributed by atoms with Gasteiger partial charge in [-0.05, 0) is 40.4 Å². The van der Waals surface area contributed by atoms with Gasteiger partial charge >= 0.3 is 6.18 Å². The molecule has 2 nitrogen and oxygen atoms in total. The van der Waals surface area contributed by atoms with Crippen molar-refractivity contribution in [2.45, 2.75) is 19.0 Å². The second-order valence-electron chi connectivity index (χ2n) is 4.56. The van der Waals surface area contributed by atoms with E-state index in [0.717, 1.165) is 18.9 Å². The molecule has 1 aromatic heterocycles. The van der Waals surface area contributed by atoms with Gasteiger partial charge in [0.1, 0.15) is 5.82 Å². The molecule has 0 spiro atoms. The van der Waals surface area contributed by atoms with Gasteiger partial charge in [-0.1, -0.05) is 30.3 Å².